The van der Waals surface area contributed by atoms with Crippen LogP contribution in [0.2, 0.25) is 5.02 Å². The minimum absolute atomic E-state index is 0.398. The van der Waals surface area contributed by atoms with Crippen LogP contribution >= 0.6 is 11.6 Å². The Balaban J connectivity index is 2.51. The number of nitrogens with zero attached hydrogens (tertiary/aromatic N) is 1. The molecule has 0 saturated heterocycles. The molecule has 24 heavy (non-hydrogen) atoms. The second-order valence-electron chi connectivity index (χ2n) is 5.62. The second-order valence-corrected chi connectivity index (χ2v) is 7.96. The lowest BCUT2D eigenvalue weighted by Crippen LogP contribution is -2.30. The first kappa shape index (κ1) is 18.8. The molecule has 4 nitrogen and oxygen atoms in total. The number of hydrogen-bond donors (Lipinski definition) is 0. The molecular weight excluding hydrogens is 346 g/mol. The molecular formula is C18H22ClNO3S. The molecule has 2 rings (SSSR count). The maximum absolute atomic E-state index is 12.1. The molecule has 0 saturated carbocycles. The van der Waals surface area contributed by atoms with Gasteiger partial charge in [-0.3, -0.25) is 4.31 Å². The number of anilines is 1. The molecule has 2 aromatic rings. The van der Waals surface area contributed by atoms with E-state index in [0.717, 1.165) is 23.1 Å². The maximum Gasteiger partial charge on any atom is 0.232 e. The Morgan fingerprint density at radius 2 is 1.79 bits per heavy atom. The van der Waals surface area contributed by atoms with E-state index >= 15 is 0 Å². The molecule has 0 atom stereocenters. The number of halogens is 1. The zero-order valence-corrected chi connectivity index (χ0v) is 15.7. The zero-order valence-electron chi connectivity index (χ0n) is 14.1. The van der Waals surface area contributed by atoms with Crippen molar-refractivity contribution in [1.82, 2.24) is 0 Å². The predicted octanol–water partition coefficient (Wildman–Crippen LogP) is 4.33. The van der Waals surface area contributed by atoms with Crippen LogP contribution in [0.4, 0.5) is 5.69 Å². The van der Waals surface area contributed by atoms with Gasteiger partial charge in [0.05, 0.1) is 18.6 Å². The van der Waals surface area contributed by atoms with E-state index in [-0.39, 0.29) is 0 Å². The van der Waals surface area contributed by atoms with Crippen LogP contribution in [-0.4, -0.2) is 28.3 Å². The average Bonchev–Trinajstić information content (AvgIpc) is 2.53. The van der Waals surface area contributed by atoms with Crippen LogP contribution < -0.4 is 4.31 Å². The van der Waals surface area contributed by atoms with E-state index in [9.17, 15) is 8.42 Å². The van der Waals surface area contributed by atoms with Gasteiger partial charge in [0.1, 0.15) is 0 Å². The van der Waals surface area contributed by atoms with Crippen LogP contribution in [0.5, 0.6) is 0 Å². The average molecular weight is 368 g/mol. The summed E-state index contributed by atoms with van der Waals surface area (Å²) < 4.78 is 30.9. The van der Waals surface area contributed by atoms with Gasteiger partial charge in [-0.25, -0.2) is 8.42 Å². The molecule has 0 heterocycles. The molecule has 0 spiro atoms. The zero-order chi connectivity index (χ0) is 17.7. The number of hydrogen-bond acceptors (Lipinski definition) is 3. The molecule has 0 aliphatic carbocycles. The molecule has 0 N–H and O–H groups in total. The third-order valence-corrected chi connectivity index (χ3v) is 5.10. The Kier molecular flexibility index (Phi) is 6.27. The lowest BCUT2D eigenvalue weighted by Gasteiger charge is -2.23. The molecule has 0 unspecified atom stereocenters. The molecule has 0 amide bonds. The summed E-state index contributed by atoms with van der Waals surface area (Å²) in [5, 5.41) is 0.676. The van der Waals surface area contributed by atoms with Crippen molar-refractivity contribution in [2.24, 2.45) is 0 Å². The highest BCUT2D eigenvalue weighted by Gasteiger charge is 2.18. The Hall–Kier alpha value is -1.56. The summed E-state index contributed by atoms with van der Waals surface area (Å²) in [6, 6.07) is 13.2. The van der Waals surface area contributed by atoms with E-state index in [2.05, 4.69) is 0 Å². The lowest BCUT2D eigenvalue weighted by molar-refractivity contribution is 0.185. The maximum atomic E-state index is 12.1. The molecule has 0 radical (unpaired) electrons. The van der Waals surface area contributed by atoms with Gasteiger partial charge in [-0.15, -0.1) is 0 Å². The van der Waals surface area contributed by atoms with Crippen LogP contribution in [-0.2, 0) is 21.4 Å². The van der Waals surface area contributed by atoms with Crippen LogP contribution in [0.3, 0.4) is 0 Å². The van der Waals surface area contributed by atoms with E-state index < -0.39 is 10.0 Å². The Morgan fingerprint density at radius 3 is 2.33 bits per heavy atom. The largest absolute Gasteiger partial charge is 0.380 e. The van der Waals surface area contributed by atoms with Crippen molar-refractivity contribution in [3.63, 3.8) is 0 Å². The van der Waals surface area contributed by atoms with E-state index in [1.54, 1.807) is 7.11 Å². The fourth-order valence-corrected chi connectivity index (χ4v) is 3.75. The number of methoxy groups -OCH3 is 1. The highest BCUT2D eigenvalue weighted by atomic mass is 35.5. The van der Waals surface area contributed by atoms with Gasteiger partial charge in [-0.1, -0.05) is 36.7 Å². The monoisotopic (exact) mass is 367 g/mol. The summed E-state index contributed by atoms with van der Waals surface area (Å²) in [6.07, 6.45) is 1.97. The van der Waals surface area contributed by atoms with E-state index in [1.165, 1.54) is 10.6 Å². The van der Waals surface area contributed by atoms with Crippen molar-refractivity contribution in [1.29, 1.82) is 0 Å². The molecule has 0 fully saturated rings. The van der Waals surface area contributed by atoms with Gasteiger partial charge in [0, 0.05) is 18.7 Å². The summed E-state index contributed by atoms with van der Waals surface area (Å²) in [5.74, 6) is 0. The van der Waals surface area contributed by atoms with Gasteiger partial charge in [-0.05, 0) is 47.4 Å². The standard InChI is InChI=1S/C18H22ClNO3S/c1-4-11-20(24(3,21)22)17-9-10-18(15(12-17)13-23-2)14-5-7-16(19)8-6-14/h5-10,12H,4,11,13H2,1-3H3. The summed E-state index contributed by atoms with van der Waals surface area (Å²) in [6.45, 7) is 2.80. The first-order valence-corrected chi connectivity index (χ1v) is 9.95. The Morgan fingerprint density at radius 1 is 1.12 bits per heavy atom. The normalized spacial score (nSPS) is 11.5. The number of rotatable bonds is 7. The highest BCUT2D eigenvalue weighted by Crippen LogP contribution is 2.30. The molecule has 130 valence electrons. The molecule has 2 aromatic carbocycles. The van der Waals surface area contributed by atoms with Crippen molar-refractivity contribution < 1.29 is 13.2 Å². The third-order valence-electron chi connectivity index (χ3n) is 3.66. The van der Waals surface area contributed by atoms with Gasteiger partial charge in [-0.2, -0.15) is 0 Å². The van der Waals surface area contributed by atoms with Gasteiger partial charge in [0.25, 0.3) is 0 Å². The fourth-order valence-electron chi connectivity index (χ4n) is 2.61. The summed E-state index contributed by atoms with van der Waals surface area (Å²) >= 11 is 5.95. The summed E-state index contributed by atoms with van der Waals surface area (Å²) in [5.41, 5.74) is 3.60. The first-order chi connectivity index (χ1) is 11.4. The van der Waals surface area contributed by atoms with Crippen molar-refractivity contribution in [3.05, 3.63) is 53.1 Å². The predicted molar refractivity (Wildman–Crippen MR) is 100 cm³/mol. The molecule has 0 bridgehead atoms. The summed E-state index contributed by atoms with van der Waals surface area (Å²) in [4.78, 5) is 0. The van der Waals surface area contributed by atoms with E-state index in [0.29, 0.717) is 23.9 Å². The quantitative estimate of drug-likeness (QED) is 0.731. The number of ether oxygens (including phenoxy) is 1. The van der Waals surface area contributed by atoms with Crippen molar-refractivity contribution in [2.75, 3.05) is 24.2 Å². The number of sulfonamides is 1. The molecule has 0 aliphatic heterocycles. The van der Waals surface area contributed by atoms with Crippen LogP contribution in [0.25, 0.3) is 11.1 Å². The van der Waals surface area contributed by atoms with E-state index in [4.69, 9.17) is 16.3 Å². The van der Waals surface area contributed by atoms with Crippen LogP contribution in [0.15, 0.2) is 42.5 Å². The van der Waals surface area contributed by atoms with Gasteiger partial charge in [0.2, 0.25) is 10.0 Å². The van der Waals surface area contributed by atoms with Crippen molar-refractivity contribution in [3.8, 4) is 11.1 Å². The Labute approximate surface area is 149 Å². The number of benzene rings is 2. The fraction of sp³-hybridized carbons (Fsp3) is 0.333. The molecule has 6 heteroatoms. The third kappa shape index (κ3) is 4.50. The van der Waals surface area contributed by atoms with Crippen LogP contribution in [0, 0.1) is 0 Å². The Bertz CT molecular complexity index is 788. The van der Waals surface area contributed by atoms with Gasteiger partial charge < -0.3 is 4.74 Å². The minimum atomic E-state index is -3.32. The lowest BCUT2D eigenvalue weighted by atomic mass is 9.99. The molecule has 0 aliphatic rings. The van der Waals surface area contributed by atoms with Gasteiger partial charge in [0.15, 0.2) is 0 Å². The SMILES string of the molecule is CCCN(c1ccc(-c2ccc(Cl)cc2)c(COC)c1)S(C)(=O)=O. The second kappa shape index (κ2) is 8.01. The minimum Gasteiger partial charge on any atom is -0.380 e. The highest BCUT2D eigenvalue weighted by molar-refractivity contribution is 7.92. The van der Waals surface area contributed by atoms with E-state index in [1.807, 2.05) is 49.4 Å². The topological polar surface area (TPSA) is 46.6 Å². The smallest absolute Gasteiger partial charge is 0.232 e. The van der Waals surface area contributed by atoms with Crippen molar-refractivity contribution in [2.45, 2.75) is 20.0 Å². The van der Waals surface area contributed by atoms with Crippen molar-refractivity contribution >= 4 is 27.3 Å². The summed E-state index contributed by atoms with van der Waals surface area (Å²) in [7, 11) is -1.70. The van der Waals surface area contributed by atoms with Crippen LogP contribution in [0.1, 0.15) is 18.9 Å². The van der Waals surface area contributed by atoms with Gasteiger partial charge >= 0.3 is 0 Å². The molecule has 0 aromatic heterocycles. The first-order valence-electron chi connectivity index (χ1n) is 7.72.